The predicted octanol–water partition coefficient (Wildman–Crippen LogP) is 3.06. The molecule has 0 saturated heterocycles. The summed E-state index contributed by atoms with van der Waals surface area (Å²) < 4.78 is 5.67. The normalized spacial score (nSPS) is 13.9. The minimum absolute atomic E-state index is 0.107. The van der Waals surface area contributed by atoms with Crippen LogP contribution in [-0.2, 0) is 16.8 Å². The molecule has 2 N–H and O–H groups in total. The molecule has 0 fully saturated rings. The van der Waals surface area contributed by atoms with Crippen LogP contribution in [0, 0.1) is 0 Å². The van der Waals surface area contributed by atoms with Crippen molar-refractivity contribution in [2.75, 3.05) is 6.54 Å². The fraction of sp³-hybridized carbons (Fsp3) is 0.235. The van der Waals surface area contributed by atoms with E-state index in [9.17, 15) is 9.90 Å². The van der Waals surface area contributed by atoms with Crippen molar-refractivity contribution >= 4 is 28.2 Å². The molecule has 1 aromatic carbocycles. The van der Waals surface area contributed by atoms with Gasteiger partial charge >= 0.3 is 0 Å². The van der Waals surface area contributed by atoms with Crippen molar-refractivity contribution in [2.24, 2.45) is 0 Å². The highest BCUT2D eigenvalue weighted by Crippen LogP contribution is 2.27. The quantitative estimate of drug-likeness (QED) is 0.760. The second-order valence-corrected chi connectivity index (χ2v) is 6.29. The highest BCUT2D eigenvalue weighted by Gasteiger charge is 2.28. The van der Waals surface area contributed by atoms with Crippen LogP contribution in [0.2, 0.25) is 0 Å². The molecule has 5 heteroatoms. The van der Waals surface area contributed by atoms with E-state index >= 15 is 0 Å². The third-order valence-corrected chi connectivity index (χ3v) is 4.26. The van der Waals surface area contributed by atoms with Gasteiger partial charge in [0.25, 0.3) is 0 Å². The third kappa shape index (κ3) is 3.21. The summed E-state index contributed by atoms with van der Waals surface area (Å²) in [6.07, 6.45) is 0.319. The lowest BCUT2D eigenvalue weighted by atomic mass is 10.0. The number of benzene rings is 1. The van der Waals surface area contributed by atoms with Gasteiger partial charge in [-0.05, 0) is 41.4 Å². The Morgan fingerprint density at radius 3 is 2.91 bits per heavy atom. The summed E-state index contributed by atoms with van der Waals surface area (Å²) in [6, 6.07) is 11.3. The lowest BCUT2D eigenvalue weighted by Crippen LogP contribution is -2.39. The molecule has 0 spiro atoms. The Morgan fingerprint density at radius 1 is 1.36 bits per heavy atom. The predicted molar refractivity (Wildman–Crippen MR) is 86.8 cm³/mol. The van der Waals surface area contributed by atoms with Gasteiger partial charge in [0, 0.05) is 5.39 Å². The van der Waals surface area contributed by atoms with E-state index in [0.29, 0.717) is 12.2 Å². The summed E-state index contributed by atoms with van der Waals surface area (Å²) in [5.74, 6) is 0.333. The van der Waals surface area contributed by atoms with Crippen LogP contribution in [0.3, 0.4) is 0 Å². The molecule has 2 heterocycles. The molecule has 22 heavy (non-hydrogen) atoms. The Balaban J connectivity index is 1.66. The summed E-state index contributed by atoms with van der Waals surface area (Å²) in [5.41, 5.74) is 0.455. The van der Waals surface area contributed by atoms with E-state index in [2.05, 4.69) is 5.32 Å². The molecule has 0 unspecified atom stereocenters. The molecule has 1 atom stereocenters. The van der Waals surface area contributed by atoms with Gasteiger partial charge in [0.1, 0.15) is 16.9 Å². The summed E-state index contributed by atoms with van der Waals surface area (Å²) in [7, 11) is 0. The number of fused-ring (bicyclic) bond motifs is 1. The molecule has 1 amide bonds. The van der Waals surface area contributed by atoms with Gasteiger partial charge in [-0.25, -0.2) is 0 Å². The average Bonchev–Trinajstić information content (AvgIpc) is 3.14. The van der Waals surface area contributed by atoms with Crippen molar-refractivity contribution in [3.05, 3.63) is 58.5 Å². The van der Waals surface area contributed by atoms with Crippen LogP contribution in [0.4, 0.5) is 0 Å². The molecular weight excluding hydrogens is 298 g/mol. The molecule has 0 aliphatic rings. The number of nitrogens with one attached hydrogen (secondary N) is 1. The van der Waals surface area contributed by atoms with Gasteiger partial charge in [-0.1, -0.05) is 18.2 Å². The fourth-order valence-corrected chi connectivity index (χ4v) is 2.91. The molecule has 0 aliphatic heterocycles. The number of carbonyl (C=O) groups excluding carboxylic acids is 1. The van der Waals surface area contributed by atoms with E-state index in [0.717, 1.165) is 16.5 Å². The molecule has 0 aliphatic carbocycles. The Labute approximate surface area is 132 Å². The maximum atomic E-state index is 11.9. The van der Waals surface area contributed by atoms with E-state index in [1.54, 1.807) is 24.3 Å². The van der Waals surface area contributed by atoms with Crippen LogP contribution < -0.4 is 5.32 Å². The van der Waals surface area contributed by atoms with Crippen LogP contribution in [0.25, 0.3) is 11.0 Å². The zero-order chi connectivity index (χ0) is 15.6. The van der Waals surface area contributed by atoms with E-state index in [1.165, 1.54) is 0 Å². The summed E-state index contributed by atoms with van der Waals surface area (Å²) in [5, 5.41) is 18.1. The zero-order valence-electron chi connectivity index (χ0n) is 12.2. The number of hydrogen-bond donors (Lipinski definition) is 2. The Kier molecular flexibility index (Phi) is 4.00. The topological polar surface area (TPSA) is 62.5 Å². The number of para-hydroxylation sites is 1. The maximum Gasteiger partial charge on any atom is 0.224 e. The molecule has 2 aromatic heterocycles. The van der Waals surface area contributed by atoms with Gasteiger partial charge < -0.3 is 14.8 Å². The first-order valence-electron chi connectivity index (χ1n) is 7.04. The van der Waals surface area contributed by atoms with Crippen molar-refractivity contribution in [2.45, 2.75) is 18.9 Å². The second kappa shape index (κ2) is 5.94. The van der Waals surface area contributed by atoms with Crippen molar-refractivity contribution in [1.82, 2.24) is 5.32 Å². The Morgan fingerprint density at radius 2 is 2.18 bits per heavy atom. The minimum atomic E-state index is -1.25. The van der Waals surface area contributed by atoms with Gasteiger partial charge in [0.05, 0.1) is 13.0 Å². The summed E-state index contributed by atoms with van der Waals surface area (Å²) >= 11 is 1.56. The van der Waals surface area contributed by atoms with E-state index < -0.39 is 5.60 Å². The second-order valence-electron chi connectivity index (χ2n) is 5.51. The number of amides is 1. The highest BCUT2D eigenvalue weighted by atomic mass is 32.1. The molecule has 0 bridgehead atoms. The summed E-state index contributed by atoms with van der Waals surface area (Å²) in [6.45, 7) is 1.74. The lowest BCUT2D eigenvalue weighted by Gasteiger charge is -2.21. The van der Waals surface area contributed by atoms with Gasteiger partial charge in [-0.3, -0.25) is 4.79 Å². The van der Waals surface area contributed by atoms with Gasteiger partial charge in [0.15, 0.2) is 0 Å². The first-order chi connectivity index (χ1) is 10.5. The minimum Gasteiger partial charge on any atom is -0.458 e. The number of rotatable bonds is 5. The molecule has 3 aromatic rings. The van der Waals surface area contributed by atoms with Crippen LogP contribution in [-0.4, -0.2) is 17.6 Å². The lowest BCUT2D eigenvalue weighted by molar-refractivity contribution is -0.121. The van der Waals surface area contributed by atoms with Crippen LogP contribution in [0.1, 0.15) is 18.2 Å². The SMILES string of the molecule is C[C@](O)(CNC(=O)Cc1ccsc1)c1cc2ccccc2o1. The van der Waals surface area contributed by atoms with Crippen molar-refractivity contribution in [3.8, 4) is 0 Å². The van der Waals surface area contributed by atoms with Gasteiger partial charge in [-0.15, -0.1) is 0 Å². The number of furan rings is 1. The third-order valence-electron chi connectivity index (χ3n) is 3.53. The van der Waals surface area contributed by atoms with Crippen LogP contribution >= 0.6 is 11.3 Å². The van der Waals surface area contributed by atoms with Crippen LogP contribution in [0.5, 0.6) is 0 Å². The Bertz CT molecular complexity index is 741. The summed E-state index contributed by atoms with van der Waals surface area (Å²) in [4.78, 5) is 11.9. The molecule has 3 rings (SSSR count). The van der Waals surface area contributed by atoms with Gasteiger partial charge in [0.2, 0.25) is 5.91 Å². The van der Waals surface area contributed by atoms with Crippen LogP contribution in [0.15, 0.2) is 51.6 Å². The standard InChI is InChI=1S/C17H17NO3S/c1-17(20,11-18-16(19)8-12-6-7-22-10-12)15-9-13-4-2-3-5-14(13)21-15/h2-7,9-10,20H,8,11H2,1H3,(H,18,19)/t17-/m0/s1. The number of hydrogen-bond acceptors (Lipinski definition) is 4. The first kappa shape index (κ1) is 14.8. The largest absolute Gasteiger partial charge is 0.458 e. The van der Waals surface area contributed by atoms with Gasteiger partial charge in [-0.2, -0.15) is 11.3 Å². The molecule has 4 nitrogen and oxygen atoms in total. The fourth-order valence-electron chi connectivity index (χ4n) is 2.25. The first-order valence-corrected chi connectivity index (χ1v) is 7.98. The van der Waals surface area contributed by atoms with Crippen molar-refractivity contribution in [3.63, 3.8) is 0 Å². The maximum absolute atomic E-state index is 11.9. The zero-order valence-corrected chi connectivity index (χ0v) is 13.0. The number of aliphatic hydroxyl groups is 1. The number of thiophene rings is 1. The van der Waals surface area contributed by atoms with E-state index in [4.69, 9.17) is 4.42 Å². The average molecular weight is 315 g/mol. The monoisotopic (exact) mass is 315 g/mol. The highest BCUT2D eigenvalue weighted by molar-refractivity contribution is 7.07. The molecular formula is C17H17NO3S. The molecule has 0 saturated carbocycles. The molecule has 114 valence electrons. The van der Waals surface area contributed by atoms with E-state index in [-0.39, 0.29) is 12.5 Å². The van der Waals surface area contributed by atoms with E-state index in [1.807, 2.05) is 41.1 Å². The van der Waals surface area contributed by atoms with Crippen molar-refractivity contribution < 1.29 is 14.3 Å². The smallest absolute Gasteiger partial charge is 0.224 e. The Hall–Kier alpha value is -2.11. The number of carbonyl (C=O) groups is 1. The van der Waals surface area contributed by atoms with Crippen molar-refractivity contribution in [1.29, 1.82) is 0 Å². The molecule has 0 radical (unpaired) electrons.